The quantitative estimate of drug-likeness (QED) is 0.577. The highest BCUT2D eigenvalue weighted by Gasteiger charge is 2.40. The fraction of sp³-hybridized carbons (Fsp3) is 0.824. The maximum absolute atomic E-state index is 12.8. The molecular formula is C17H33N3O4. The van der Waals surface area contributed by atoms with Crippen molar-refractivity contribution in [3.05, 3.63) is 0 Å². The van der Waals surface area contributed by atoms with Gasteiger partial charge in [-0.2, -0.15) is 0 Å². The van der Waals surface area contributed by atoms with Crippen LogP contribution in [0.4, 0.5) is 0 Å². The van der Waals surface area contributed by atoms with Gasteiger partial charge in [0.05, 0.1) is 12.1 Å². The lowest BCUT2D eigenvalue weighted by molar-refractivity contribution is -0.160. The molecule has 5 N–H and O–H groups in total. The molecule has 7 nitrogen and oxygen atoms in total. The number of carbonyl (C=O) groups excluding carboxylic acids is 2. The second-order valence-corrected chi connectivity index (χ2v) is 7.21. The second kappa shape index (κ2) is 9.74. The van der Waals surface area contributed by atoms with Crippen LogP contribution in [0.3, 0.4) is 0 Å². The largest absolute Gasteiger partial charge is 0.480 e. The summed E-state index contributed by atoms with van der Waals surface area (Å²) in [7, 11) is 0. The summed E-state index contributed by atoms with van der Waals surface area (Å²) in [5, 5.41) is 9.56. The van der Waals surface area contributed by atoms with Crippen LogP contribution in [0.5, 0.6) is 0 Å². The third kappa shape index (κ3) is 5.87. The molecule has 0 radical (unpaired) electrons. The van der Waals surface area contributed by atoms with Crippen molar-refractivity contribution in [1.29, 1.82) is 0 Å². The number of aliphatic carboxylic acids is 1. The molecule has 0 heterocycles. The lowest BCUT2D eigenvalue weighted by Gasteiger charge is -2.34. The van der Waals surface area contributed by atoms with E-state index in [1.807, 2.05) is 20.8 Å². The van der Waals surface area contributed by atoms with E-state index in [-0.39, 0.29) is 24.2 Å². The Morgan fingerprint density at radius 1 is 0.958 bits per heavy atom. The number of nitrogens with zero attached hydrogens (tertiary/aromatic N) is 1. The van der Waals surface area contributed by atoms with Gasteiger partial charge in [0.2, 0.25) is 11.8 Å². The summed E-state index contributed by atoms with van der Waals surface area (Å²) >= 11 is 0. The zero-order valence-corrected chi connectivity index (χ0v) is 15.7. The summed E-state index contributed by atoms with van der Waals surface area (Å²) in [6, 6.07) is -3.15. The van der Waals surface area contributed by atoms with E-state index in [0.29, 0.717) is 6.42 Å². The molecule has 0 aromatic rings. The Morgan fingerprint density at radius 3 is 1.75 bits per heavy atom. The highest BCUT2D eigenvalue weighted by molar-refractivity contribution is 6.03. The van der Waals surface area contributed by atoms with Gasteiger partial charge in [-0.25, -0.2) is 4.79 Å². The summed E-state index contributed by atoms with van der Waals surface area (Å²) in [5.41, 5.74) is 11.9. The first-order valence-electron chi connectivity index (χ1n) is 8.56. The van der Waals surface area contributed by atoms with E-state index in [2.05, 4.69) is 0 Å². The van der Waals surface area contributed by atoms with Crippen molar-refractivity contribution >= 4 is 17.8 Å². The van der Waals surface area contributed by atoms with Crippen molar-refractivity contribution < 1.29 is 19.5 Å². The van der Waals surface area contributed by atoms with Crippen molar-refractivity contribution in [2.24, 2.45) is 29.2 Å². The molecule has 0 aliphatic heterocycles. The van der Waals surface area contributed by atoms with Crippen LogP contribution in [0.15, 0.2) is 0 Å². The van der Waals surface area contributed by atoms with Gasteiger partial charge >= 0.3 is 5.97 Å². The number of carboxylic acid groups (broad SMARTS) is 1. The smallest absolute Gasteiger partial charge is 0.326 e. The molecule has 0 aliphatic carbocycles. The third-order valence-electron chi connectivity index (χ3n) is 4.31. The zero-order valence-electron chi connectivity index (χ0n) is 15.7. The normalized spacial score (nSPS) is 16.6. The first kappa shape index (κ1) is 22.5. The maximum Gasteiger partial charge on any atom is 0.326 e. The molecule has 0 aliphatic rings. The Hall–Kier alpha value is -1.47. The average molecular weight is 343 g/mol. The Morgan fingerprint density at radius 2 is 1.42 bits per heavy atom. The molecule has 0 saturated heterocycles. The summed E-state index contributed by atoms with van der Waals surface area (Å²) in [6.45, 7) is 10.8. The Kier molecular flexibility index (Phi) is 9.14. The molecule has 0 bridgehead atoms. The van der Waals surface area contributed by atoms with Crippen LogP contribution in [0.1, 0.15) is 54.4 Å². The lowest BCUT2D eigenvalue weighted by Crippen LogP contribution is -2.60. The molecule has 0 rings (SSSR count). The van der Waals surface area contributed by atoms with E-state index >= 15 is 0 Å². The van der Waals surface area contributed by atoms with E-state index < -0.39 is 35.9 Å². The van der Waals surface area contributed by atoms with Gasteiger partial charge in [-0.1, -0.05) is 48.0 Å². The molecule has 0 saturated carbocycles. The number of imide groups is 1. The summed E-state index contributed by atoms with van der Waals surface area (Å²) in [4.78, 5) is 38.0. The average Bonchev–Trinajstić information content (AvgIpc) is 2.50. The monoisotopic (exact) mass is 343 g/mol. The standard InChI is InChI=1S/C17H33N3O4/c1-7-11(6)14(19)16(22)20(15(21)13(18)10(4)5)12(17(23)24)8-9(2)3/h9-14H,7-8,18-19H2,1-6H3,(H,23,24). The van der Waals surface area contributed by atoms with Gasteiger partial charge in [-0.15, -0.1) is 0 Å². The number of amides is 2. The summed E-state index contributed by atoms with van der Waals surface area (Å²) < 4.78 is 0. The molecule has 0 spiro atoms. The van der Waals surface area contributed by atoms with Gasteiger partial charge in [0, 0.05) is 0 Å². The van der Waals surface area contributed by atoms with E-state index in [4.69, 9.17) is 11.5 Å². The Balaban J connectivity index is 5.85. The molecule has 7 heteroatoms. The van der Waals surface area contributed by atoms with E-state index in [0.717, 1.165) is 4.90 Å². The minimum absolute atomic E-state index is 0.00991. The van der Waals surface area contributed by atoms with Crippen LogP contribution in [0.25, 0.3) is 0 Å². The molecule has 0 aromatic carbocycles. The fourth-order valence-electron chi connectivity index (χ4n) is 2.28. The first-order chi connectivity index (χ1) is 10.9. The number of nitrogens with two attached hydrogens (primary N) is 2. The SMILES string of the molecule is CCC(C)C(N)C(=O)N(C(=O)C(N)C(C)C)C(CC(C)C)C(=O)O. The van der Waals surface area contributed by atoms with Crippen LogP contribution < -0.4 is 11.5 Å². The van der Waals surface area contributed by atoms with Gasteiger partial charge in [0.1, 0.15) is 6.04 Å². The lowest BCUT2D eigenvalue weighted by atomic mass is 9.94. The predicted octanol–water partition coefficient (Wildman–Crippen LogP) is 1.20. The molecule has 0 fully saturated rings. The van der Waals surface area contributed by atoms with Gasteiger partial charge in [-0.3, -0.25) is 14.5 Å². The highest BCUT2D eigenvalue weighted by Crippen LogP contribution is 2.19. The van der Waals surface area contributed by atoms with E-state index in [9.17, 15) is 19.5 Å². The summed E-state index contributed by atoms with van der Waals surface area (Å²) in [5.74, 6) is -2.97. The van der Waals surface area contributed by atoms with Crippen LogP contribution in [-0.2, 0) is 14.4 Å². The van der Waals surface area contributed by atoms with Gasteiger partial charge in [0.25, 0.3) is 0 Å². The zero-order chi connectivity index (χ0) is 19.2. The topological polar surface area (TPSA) is 127 Å². The van der Waals surface area contributed by atoms with Gasteiger partial charge in [0.15, 0.2) is 0 Å². The first-order valence-corrected chi connectivity index (χ1v) is 8.56. The van der Waals surface area contributed by atoms with Crippen molar-refractivity contribution in [2.45, 2.75) is 72.5 Å². The van der Waals surface area contributed by atoms with Crippen LogP contribution >= 0.6 is 0 Å². The van der Waals surface area contributed by atoms with Crippen LogP contribution in [-0.4, -0.2) is 45.9 Å². The second-order valence-electron chi connectivity index (χ2n) is 7.21. The van der Waals surface area contributed by atoms with Crippen molar-refractivity contribution in [3.63, 3.8) is 0 Å². The van der Waals surface area contributed by atoms with Crippen molar-refractivity contribution in [1.82, 2.24) is 4.90 Å². The highest BCUT2D eigenvalue weighted by atomic mass is 16.4. The molecule has 140 valence electrons. The van der Waals surface area contributed by atoms with Crippen LogP contribution in [0.2, 0.25) is 0 Å². The minimum Gasteiger partial charge on any atom is -0.480 e. The maximum atomic E-state index is 12.8. The third-order valence-corrected chi connectivity index (χ3v) is 4.31. The van der Waals surface area contributed by atoms with Crippen molar-refractivity contribution in [3.8, 4) is 0 Å². The molecule has 2 amide bonds. The Bertz CT molecular complexity index is 451. The van der Waals surface area contributed by atoms with Gasteiger partial charge in [-0.05, 0) is 24.2 Å². The molecule has 0 aromatic heterocycles. The minimum atomic E-state index is -1.26. The molecule has 4 unspecified atom stereocenters. The molecular weight excluding hydrogens is 310 g/mol. The Labute approximate surface area is 144 Å². The number of carbonyl (C=O) groups is 3. The number of rotatable bonds is 9. The molecule has 4 atom stereocenters. The number of carboxylic acids is 1. The number of hydrogen-bond donors (Lipinski definition) is 3. The van der Waals surface area contributed by atoms with Gasteiger partial charge < -0.3 is 16.6 Å². The van der Waals surface area contributed by atoms with E-state index in [1.54, 1.807) is 20.8 Å². The van der Waals surface area contributed by atoms with E-state index in [1.165, 1.54) is 0 Å². The van der Waals surface area contributed by atoms with Crippen molar-refractivity contribution in [2.75, 3.05) is 0 Å². The predicted molar refractivity (Wildman–Crippen MR) is 93.0 cm³/mol. The van der Waals surface area contributed by atoms with Crippen LogP contribution in [0, 0.1) is 17.8 Å². The summed E-state index contributed by atoms with van der Waals surface area (Å²) in [6.07, 6.45) is 0.804. The molecule has 24 heavy (non-hydrogen) atoms. The fourth-order valence-corrected chi connectivity index (χ4v) is 2.28. The number of hydrogen-bond acceptors (Lipinski definition) is 5.